The molecule has 4 heterocycles. The number of hydrogen-bond acceptors (Lipinski definition) is 4. The van der Waals surface area contributed by atoms with E-state index in [0.29, 0.717) is 50.3 Å². The number of imidazole rings is 1. The van der Waals surface area contributed by atoms with Gasteiger partial charge in [0, 0.05) is 49.8 Å². The fourth-order valence-corrected chi connectivity index (χ4v) is 5.74. The standard InChI is InChI=1S/C28H28FN7O/c1-5-24(37)35-9-10-36-23(16-35)26(33-27(36)17-12-28(2,29)13-17)19-7-6-8-21-20(19)11-22(30-3)25(32-21)18-14-31-34(4)15-18/h6-8,11,14-15,17H,5,9-10,12-13,16H2,1-2,4H3. The van der Waals surface area contributed by atoms with Crippen molar-refractivity contribution in [3.63, 3.8) is 0 Å². The SMILES string of the molecule is [C-]#[N+]c1cc2c(-c3nc(C4CC(C)(F)C4)n4c3CN(C(=O)CC)CC4)cccc2nc1-c1cnn(C)c1. The number of aromatic nitrogens is 5. The van der Waals surface area contributed by atoms with Crippen molar-refractivity contribution < 1.29 is 9.18 Å². The maximum atomic E-state index is 14.5. The first-order chi connectivity index (χ1) is 17.8. The van der Waals surface area contributed by atoms with E-state index < -0.39 is 5.67 Å². The van der Waals surface area contributed by atoms with Gasteiger partial charge < -0.3 is 9.47 Å². The van der Waals surface area contributed by atoms with Gasteiger partial charge in [-0.15, -0.1) is 0 Å². The van der Waals surface area contributed by atoms with E-state index >= 15 is 0 Å². The molecule has 6 rings (SSSR count). The molecule has 1 aliphatic carbocycles. The van der Waals surface area contributed by atoms with Crippen LogP contribution in [0.2, 0.25) is 0 Å². The van der Waals surface area contributed by atoms with Crippen molar-refractivity contribution >= 4 is 22.5 Å². The number of alkyl halides is 1. The van der Waals surface area contributed by atoms with Gasteiger partial charge in [0.25, 0.3) is 0 Å². The zero-order valence-corrected chi connectivity index (χ0v) is 21.2. The van der Waals surface area contributed by atoms with Crippen LogP contribution in [-0.2, 0) is 24.9 Å². The van der Waals surface area contributed by atoms with Crippen molar-refractivity contribution in [1.82, 2.24) is 29.2 Å². The maximum Gasteiger partial charge on any atom is 0.222 e. The minimum Gasteiger partial charge on any atom is -0.335 e. The summed E-state index contributed by atoms with van der Waals surface area (Å²) in [7, 11) is 1.83. The van der Waals surface area contributed by atoms with Crippen LogP contribution in [0.1, 0.15) is 50.5 Å². The number of nitrogens with zero attached hydrogens (tertiary/aromatic N) is 7. The van der Waals surface area contributed by atoms with Gasteiger partial charge in [-0.25, -0.2) is 14.2 Å². The number of halogens is 1. The topological polar surface area (TPSA) is 73.2 Å². The number of benzene rings is 1. The number of carbonyl (C=O) groups excluding carboxylic acids is 1. The average molecular weight is 498 g/mol. The molecule has 0 bridgehead atoms. The molecule has 0 atom stereocenters. The predicted octanol–water partition coefficient (Wildman–Crippen LogP) is 5.41. The number of fused-ring (bicyclic) bond motifs is 2. The lowest BCUT2D eigenvalue weighted by Crippen LogP contribution is -2.40. The highest BCUT2D eigenvalue weighted by atomic mass is 19.1. The van der Waals surface area contributed by atoms with Gasteiger partial charge in [-0.05, 0) is 37.3 Å². The fraction of sp³-hybridized carbons (Fsp3) is 0.393. The predicted molar refractivity (Wildman–Crippen MR) is 139 cm³/mol. The minimum atomic E-state index is -1.16. The molecule has 0 saturated heterocycles. The molecular formula is C28H28FN7O. The molecule has 0 N–H and O–H groups in total. The van der Waals surface area contributed by atoms with Crippen LogP contribution in [0, 0.1) is 6.57 Å². The van der Waals surface area contributed by atoms with Gasteiger partial charge in [-0.1, -0.05) is 19.1 Å². The Morgan fingerprint density at radius 2 is 2.05 bits per heavy atom. The third kappa shape index (κ3) is 3.88. The Morgan fingerprint density at radius 1 is 1.24 bits per heavy atom. The molecule has 1 aliphatic heterocycles. The lowest BCUT2D eigenvalue weighted by atomic mass is 9.73. The van der Waals surface area contributed by atoms with Crippen LogP contribution in [0.3, 0.4) is 0 Å². The molecule has 188 valence electrons. The highest BCUT2D eigenvalue weighted by Crippen LogP contribution is 2.48. The van der Waals surface area contributed by atoms with Crippen LogP contribution in [0.25, 0.3) is 38.3 Å². The second kappa shape index (κ2) is 8.51. The summed E-state index contributed by atoms with van der Waals surface area (Å²) in [6.07, 6.45) is 4.91. The van der Waals surface area contributed by atoms with E-state index in [1.165, 1.54) is 0 Å². The lowest BCUT2D eigenvalue weighted by molar-refractivity contribution is -0.132. The van der Waals surface area contributed by atoms with E-state index in [0.717, 1.165) is 39.2 Å². The Labute approximate surface area is 214 Å². The first-order valence-corrected chi connectivity index (χ1v) is 12.6. The fourth-order valence-electron chi connectivity index (χ4n) is 5.74. The second-order valence-corrected chi connectivity index (χ2v) is 10.3. The van der Waals surface area contributed by atoms with Crippen molar-refractivity contribution in [2.24, 2.45) is 7.05 Å². The summed E-state index contributed by atoms with van der Waals surface area (Å²) in [5.41, 5.74) is 4.04. The highest BCUT2D eigenvalue weighted by Gasteiger charge is 2.44. The molecule has 2 aliphatic rings. The minimum absolute atomic E-state index is 0.0556. The Bertz CT molecular complexity index is 1580. The van der Waals surface area contributed by atoms with Crippen molar-refractivity contribution in [1.29, 1.82) is 0 Å². The zero-order chi connectivity index (χ0) is 25.9. The summed E-state index contributed by atoms with van der Waals surface area (Å²) in [6.45, 7) is 13.1. The molecule has 9 heteroatoms. The smallest absolute Gasteiger partial charge is 0.222 e. The third-order valence-electron chi connectivity index (χ3n) is 7.59. The molecule has 1 amide bonds. The molecular weight excluding hydrogens is 469 g/mol. The second-order valence-electron chi connectivity index (χ2n) is 10.3. The molecule has 1 aromatic carbocycles. The molecule has 0 radical (unpaired) electrons. The van der Waals surface area contributed by atoms with Gasteiger partial charge in [-0.2, -0.15) is 5.10 Å². The van der Waals surface area contributed by atoms with E-state index in [1.807, 2.05) is 49.3 Å². The number of aryl methyl sites for hydroxylation is 1. The zero-order valence-electron chi connectivity index (χ0n) is 21.2. The van der Waals surface area contributed by atoms with Gasteiger partial charge in [-0.3, -0.25) is 14.5 Å². The van der Waals surface area contributed by atoms with Crippen LogP contribution >= 0.6 is 0 Å². The highest BCUT2D eigenvalue weighted by molar-refractivity contribution is 5.99. The normalized spacial score (nSPS) is 20.9. The molecule has 0 spiro atoms. The number of carbonyl (C=O) groups is 1. The third-order valence-corrected chi connectivity index (χ3v) is 7.59. The van der Waals surface area contributed by atoms with Crippen LogP contribution in [-0.4, -0.2) is 47.3 Å². The van der Waals surface area contributed by atoms with E-state index in [9.17, 15) is 9.18 Å². The van der Waals surface area contributed by atoms with Gasteiger partial charge in [0.2, 0.25) is 11.6 Å². The van der Waals surface area contributed by atoms with E-state index in [2.05, 4.69) is 14.5 Å². The summed E-state index contributed by atoms with van der Waals surface area (Å²) < 4.78 is 18.3. The summed E-state index contributed by atoms with van der Waals surface area (Å²) in [5.74, 6) is 1.06. The van der Waals surface area contributed by atoms with Crippen molar-refractivity contribution in [2.75, 3.05) is 6.54 Å². The van der Waals surface area contributed by atoms with Crippen LogP contribution in [0.15, 0.2) is 36.7 Å². The maximum absolute atomic E-state index is 14.5. The van der Waals surface area contributed by atoms with Gasteiger partial charge in [0.15, 0.2) is 0 Å². The monoisotopic (exact) mass is 497 g/mol. The van der Waals surface area contributed by atoms with E-state index in [4.69, 9.17) is 16.5 Å². The molecule has 3 aromatic heterocycles. The summed E-state index contributed by atoms with van der Waals surface area (Å²) in [6, 6.07) is 7.75. The van der Waals surface area contributed by atoms with Gasteiger partial charge in [0.05, 0.1) is 41.9 Å². The average Bonchev–Trinajstić information content (AvgIpc) is 3.48. The van der Waals surface area contributed by atoms with Gasteiger partial charge >= 0.3 is 0 Å². The first kappa shape index (κ1) is 23.3. The molecule has 1 saturated carbocycles. The number of rotatable bonds is 4. The molecule has 1 fully saturated rings. The summed E-state index contributed by atoms with van der Waals surface area (Å²) >= 11 is 0. The van der Waals surface area contributed by atoms with Crippen molar-refractivity contribution in [3.8, 4) is 22.5 Å². The van der Waals surface area contributed by atoms with Crippen LogP contribution in [0.4, 0.5) is 10.1 Å². The molecule has 37 heavy (non-hydrogen) atoms. The Morgan fingerprint density at radius 3 is 2.73 bits per heavy atom. The Hall–Kier alpha value is -4.06. The largest absolute Gasteiger partial charge is 0.335 e. The first-order valence-electron chi connectivity index (χ1n) is 12.6. The van der Waals surface area contributed by atoms with Crippen molar-refractivity contribution in [2.45, 2.75) is 57.8 Å². The molecule has 8 nitrogen and oxygen atoms in total. The number of pyridine rings is 1. The number of hydrogen-bond donors (Lipinski definition) is 0. The lowest BCUT2D eigenvalue weighted by Gasteiger charge is -2.39. The Balaban J connectivity index is 1.52. The summed E-state index contributed by atoms with van der Waals surface area (Å²) in [5, 5.41) is 5.07. The summed E-state index contributed by atoms with van der Waals surface area (Å²) in [4.78, 5) is 28.2. The molecule has 0 unspecified atom stereocenters. The van der Waals surface area contributed by atoms with Crippen LogP contribution in [0.5, 0.6) is 0 Å². The molecule has 4 aromatic rings. The van der Waals surface area contributed by atoms with Gasteiger partial charge in [0.1, 0.15) is 11.5 Å². The van der Waals surface area contributed by atoms with Crippen molar-refractivity contribution in [3.05, 3.63) is 59.6 Å². The quantitative estimate of drug-likeness (QED) is 0.354. The Kier molecular flexibility index (Phi) is 5.37. The van der Waals surface area contributed by atoms with E-state index in [-0.39, 0.29) is 11.8 Å². The van der Waals surface area contributed by atoms with Crippen LogP contribution < -0.4 is 0 Å². The number of amides is 1. The van der Waals surface area contributed by atoms with E-state index in [1.54, 1.807) is 17.8 Å².